The first-order valence-electron chi connectivity index (χ1n) is 11.9. The van der Waals surface area contributed by atoms with Crippen molar-refractivity contribution in [2.24, 2.45) is 0 Å². The normalized spacial score (nSPS) is 17.7. The molecule has 6 rings (SSSR count). The Morgan fingerprint density at radius 2 is 1.68 bits per heavy atom. The molecule has 3 aromatic carbocycles. The third-order valence-electron chi connectivity index (χ3n) is 6.74. The average molecular weight is 474 g/mol. The van der Waals surface area contributed by atoms with Crippen molar-refractivity contribution in [3.05, 3.63) is 71.8 Å². The number of aromatic hydroxyl groups is 2. The standard InChI is InChI=1S/C28H27NO4S/c30-19-6-10-22-24(16-19)33-27(26-23-11-7-20(31)17-25(23)34-28(22)26)18-4-8-21(9-5-18)32-15-14-29-12-2-1-3-13-29/h4-11,16-17,27,30-31H,1-3,12-15H2/t27-/m0/s1. The van der Waals surface area contributed by atoms with Crippen molar-refractivity contribution in [3.8, 4) is 33.4 Å². The molecule has 0 radical (unpaired) electrons. The topological polar surface area (TPSA) is 62.2 Å². The molecule has 6 heteroatoms. The van der Waals surface area contributed by atoms with Crippen molar-refractivity contribution in [1.82, 2.24) is 4.90 Å². The molecule has 2 aliphatic heterocycles. The predicted molar refractivity (Wildman–Crippen MR) is 135 cm³/mol. The first-order chi connectivity index (χ1) is 16.7. The summed E-state index contributed by atoms with van der Waals surface area (Å²) in [4.78, 5) is 3.58. The summed E-state index contributed by atoms with van der Waals surface area (Å²) in [7, 11) is 0. The first kappa shape index (κ1) is 21.3. The lowest BCUT2D eigenvalue weighted by atomic mass is 9.93. The maximum Gasteiger partial charge on any atom is 0.151 e. The van der Waals surface area contributed by atoms with Crippen LogP contribution in [0.5, 0.6) is 23.0 Å². The number of thiophene rings is 1. The summed E-state index contributed by atoms with van der Waals surface area (Å²) in [5, 5.41) is 21.1. The molecule has 2 N–H and O–H groups in total. The molecule has 1 aromatic heterocycles. The maximum atomic E-state index is 10.1. The van der Waals surface area contributed by atoms with Gasteiger partial charge >= 0.3 is 0 Å². The molecule has 0 bridgehead atoms. The Morgan fingerprint density at radius 1 is 0.912 bits per heavy atom. The highest BCUT2D eigenvalue weighted by molar-refractivity contribution is 7.22. The van der Waals surface area contributed by atoms with Crippen LogP contribution in [0.25, 0.3) is 20.5 Å². The summed E-state index contributed by atoms with van der Waals surface area (Å²) in [5.41, 5.74) is 3.07. The molecule has 1 saturated heterocycles. The number of piperidine rings is 1. The van der Waals surface area contributed by atoms with E-state index in [0.717, 1.165) is 43.9 Å². The second kappa shape index (κ2) is 8.85. The van der Waals surface area contributed by atoms with Crippen LogP contribution < -0.4 is 9.47 Å². The van der Waals surface area contributed by atoms with Crippen molar-refractivity contribution in [2.75, 3.05) is 26.2 Å². The van der Waals surface area contributed by atoms with Gasteiger partial charge in [0.1, 0.15) is 29.6 Å². The molecule has 0 amide bonds. The third kappa shape index (κ3) is 3.97. The Hall–Kier alpha value is -3.22. The minimum atomic E-state index is -0.315. The molecule has 0 spiro atoms. The second-order valence-corrected chi connectivity index (χ2v) is 10.1. The highest BCUT2D eigenvalue weighted by atomic mass is 32.1. The van der Waals surface area contributed by atoms with E-state index in [1.807, 2.05) is 24.3 Å². The van der Waals surface area contributed by atoms with Crippen molar-refractivity contribution in [3.63, 3.8) is 0 Å². The number of benzene rings is 3. The summed E-state index contributed by atoms with van der Waals surface area (Å²) in [6, 6.07) is 18.9. The Bertz CT molecular complexity index is 1320. The Labute approximate surface area is 202 Å². The zero-order valence-corrected chi connectivity index (χ0v) is 19.7. The molecule has 174 valence electrons. The molecular weight excluding hydrogens is 446 g/mol. The predicted octanol–water partition coefficient (Wildman–Crippen LogP) is 6.33. The number of ether oxygens (including phenoxy) is 2. The Kier molecular flexibility index (Phi) is 5.55. The van der Waals surface area contributed by atoms with E-state index < -0.39 is 0 Å². The molecule has 3 heterocycles. The van der Waals surface area contributed by atoms with E-state index in [0.29, 0.717) is 12.4 Å². The van der Waals surface area contributed by atoms with E-state index in [-0.39, 0.29) is 17.6 Å². The van der Waals surface area contributed by atoms with Gasteiger partial charge in [0.2, 0.25) is 0 Å². The fourth-order valence-electron chi connectivity index (χ4n) is 5.00. The molecule has 0 aliphatic carbocycles. The van der Waals surface area contributed by atoms with Crippen LogP contribution in [0.15, 0.2) is 60.7 Å². The van der Waals surface area contributed by atoms with Gasteiger partial charge in [-0.05, 0) is 74.0 Å². The zero-order valence-electron chi connectivity index (χ0n) is 18.9. The van der Waals surface area contributed by atoms with Gasteiger partial charge < -0.3 is 19.7 Å². The van der Waals surface area contributed by atoms with Crippen LogP contribution in [0, 0.1) is 0 Å². The lowest BCUT2D eigenvalue weighted by Crippen LogP contribution is -2.33. The molecule has 1 atom stereocenters. The van der Waals surface area contributed by atoms with Crippen molar-refractivity contribution in [1.29, 1.82) is 0 Å². The van der Waals surface area contributed by atoms with Gasteiger partial charge in [0.15, 0.2) is 6.10 Å². The van der Waals surface area contributed by atoms with Crippen LogP contribution in [0.2, 0.25) is 0 Å². The van der Waals surface area contributed by atoms with Gasteiger partial charge in [-0.25, -0.2) is 0 Å². The van der Waals surface area contributed by atoms with Crippen molar-refractivity contribution < 1.29 is 19.7 Å². The maximum absolute atomic E-state index is 10.1. The fraction of sp³-hybridized carbons (Fsp3) is 0.286. The van der Waals surface area contributed by atoms with E-state index in [1.165, 1.54) is 32.4 Å². The number of likely N-dealkylation sites (tertiary alicyclic amines) is 1. The summed E-state index contributed by atoms with van der Waals surface area (Å²) in [6.07, 6.45) is 3.60. The number of hydrogen-bond acceptors (Lipinski definition) is 6. The van der Waals surface area contributed by atoms with Crippen LogP contribution in [-0.2, 0) is 0 Å². The zero-order chi connectivity index (χ0) is 23.1. The fourth-order valence-corrected chi connectivity index (χ4v) is 6.29. The Balaban J connectivity index is 1.29. The summed E-state index contributed by atoms with van der Waals surface area (Å²) in [6.45, 7) is 4.00. The number of fused-ring (bicyclic) bond motifs is 5. The SMILES string of the molecule is Oc1ccc2c(c1)O[C@@H](c1ccc(OCCN3CCCCC3)cc1)c1c-2sc2cc(O)ccc12. The number of phenols is 2. The summed E-state index contributed by atoms with van der Waals surface area (Å²) in [5.74, 6) is 1.95. The van der Waals surface area contributed by atoms with E-state index in [1.54, 1.807) is 35.6 Å². The van der Waals surface area contributed by atoms with Gasteiger partial charge in [-0.2, -0.15) is 0 Å². The quantitative estimate of drug-likeness (QED) is 0.355. The minimum Gasteiger partial charge on any atom is -0.508 e. The van der Waals surface area contributed by atoms with Crippen molar-refractivity contribution >= 4 is 21.4 Å². The lowest BCUT2D eigenvalue weighted by Gasteiger charge is -2.28. The monoisotopic (exact) mass is 473 g/mol. The number of hydrogen-bond donors (Lipinski definition) is 2. The molecular formula is C28H27NO4S. The Morgan fingerprint density at radius 3 is 2.50 bits per heavy atom. The third-order valence-corrected chi connectivity index (χ3v) is 7.94. The lowest BCUT2D eigenvalue weighted by molar-refractivity contribution is 0.183. The molecule has 4 aromatic rings. The number of rotatable bonds is 5. The highest BCUT2D eigenvalue weighted by Gasteiger charge is 2.31. The summed E-state index contributed by atoms with van der Waals surface area (Å²) >= 11 is 1.64. The summed E-state index contributed by atoms with van der Waals surface area (Å²) < 4.78 is 13.5. The first-order valence-corrected chi connectivity index (χ1v) is 12.7. The molecule has 1 fully saturated rings. The molecule has 34 heavy (non-hydrogen) atoms. The van der Waals surface area contributed by atoms with Gasteiger partial charge in [0, 0.05) is 38.7 Å². The highest BCUT2D eigenvalue weighted by Crippen LogP contribution is 2.52. The number of nitrogens with zero attached hydrogens (tertiary/aromatic N) is 1. The van der Waals surface area contributed by atoms with E-state index in [9.17, 15) is 10.2 Å². The van der Waals surface area contributed by atoms with Crippen LogP contribution in [0.4, 0.5) is 0 Å². The van der Waals surface area contributed by atoms with E-state index in [4.69, 9.17) is 9.47 Å². The van der Waals surface area contributed by atoms with Crippen molar-refractivity contribution in [2.45, 2.75) is 25.4 Å². The molecule has 0 saturated carbocycles. The van der Waals surface area contributed by atoms with E-state index in [2.05, 4.69) is 17.0 Å². The number of phenolic OH excluding ortho intramolecular Hbond substituents is 2. The van der Waals surface area contributed by atoms with E-state index >= 15 is 0 Å². The van der Waals surface area contributed by atoms with Gasteiger partial charge in [-0.3, -0.25) is 4.90 Å². The van der Waals surface area contributed by atoms with Crippen LogP contribution in [-0.4, -0.2) is 41.4 Å². The minimum absolute atomic E-state index is 0.178. The molecule has 5 nitrogen and oxygen atoms in total. The van der Waals surface area contributed by atoms with Crippen LogP contribution in [0.1, 0.15) is 36.5 Å². The average Bonchev–Trinajstić information content (AvgIpc) is 3.23. The van der Waals surface area contributed by atoms with Crippen LogP contribution >= 0.6 is 11.3 Å². The van der Waals surface area contributed by atoms with Crippen LogP contribution in [0.3, 0.4) is 0 Å². The second-order valence-electron chi connectivity index (χ2n) is 9.02. The van der Waals surface area contributed by atoms with Gasteiger partial charge in [0.25, 0.3) is 0 Å². The molecule has 0 unspecified atom stereocenters. The van der Waals surface area contributed by atoms with Gasteiger partial charge in [0.05, 0.1) is 0 Å². The van der Waals surface area contributed by atoms with Gasteiger partial charge in [-0.1, -0.05) is 18.6 Å². The smallest absolute Gasteiger partial charge is 0.151 e. The van der Waals surface area contributed by atoms with Gasteiger partial charge in [-0.15, -0.1) is 11.3 Å². The largest absolute Gasteiger partial charge is 0.508 e. The molecule has 2 aliphatic rings.